The summed E-state index contributed by atoms with van der Waals surface area (Å²) >= 11 is 0. The van der Waals surface area contributed by atoms with Crippen molar-refractivity contribution < 1.29 is 4.39 Å². The fourth-order valence-electron chi connectivity index (χ4n) is 2.63. The van der Waals surface area contributed by atoms with Crippen LogP contribution in [0.4, 0.5) is 10.1 Å². The highest BCUT2D eigenvalue weighted by molar-refractivity contribution is 5.55. The second-order valence-electron chi connectivity index (χ2n) is 4.80. The van der Waals surface area contributed by atoms with Gasteiger partial charge in [-0.1, -0.05) is 0 Å². The average Bonchev–Trinajstić information content (AvgIpc) is 2.23. The molecule has 1 saturated heterocycles. The van der Waals surface area contributed by atoms with Crippen molar-refractivity contribution in [3.63, 3.8) is 0 Å². The number of halogens is 1. The highest BCUT2D eigenvalue weighted by atomic mass is 19.1. The van der Waals surface area contributed by atoms with E-state index in [1.54, 1.807) is 6.07 Å². The number of hydrogen-bond donors (Lipinski definition) is 1. The lowest BCUT2D eigenvalue weighted by Gasteiger charge is -2.36. The molecule has 1 aromatic rings. The summed E-state index contributed by atoms with van der Waals surface area (Å²) in [4.78, 5) is 2.46. The van der Waals surface area contributed by atoms with Crippen LogP contribution in [0, 0.1) is 5.82 Å². The van der Waals surface area contributed by atoms with E-state index in [0.717, 1.165) is 30.8 Å². The van der Waals surface area contributed by atoms with E-state index >= 15 is 0 Å². The lowest BCUT2D eigenvalue weighted by Crippen LogP contribution is -2.40. The third kappa shape index (κ3) is 1.80. The molecule has 1 N–H and O–H groups in total. The van der Waals surface area contributed by atoms with Gasteiger partial charge in [0.2, 0.25) is 0 Å². The van der Waals surface area contributed by atoms with E-state index in [-0.39, 0.29) is 5.82 Å². The van der Waals surface area contributed by atoms with Crippen LogP contribution in [0.2, 0.25) is 0 Å². The summed E-state index contributed by atoms with van der Waals surface area (Å²) < 4.78 is 13.3. The number of rotatable bonds is 2. The van der Waals surface area contributed by atoms with Crippen molar-refractivity contribution in [3.8, 4) is 0 Å². The van der Waals surface area contributed by atoms with E-state index in [9.17, 15) is 4.39 Å². The Kier molecular flexibility index (Phi) is 2.56. The highest BCUT2D eigenvalue weighted by Gasteiger charge is 2.24. The number of likely N-dealkylation sites (tertiary alicyclic amines) is 1. The first kappa shape index (κ1) is 10.1. The molecular formula is C13H17FN2. The Balaban J connectivity index is 1.83. The average molecular weight is 220 g/mol. The fraction of sp³-hybridized carbons (Fsp3) is 0.538. The monoisotopic (exact) mass is 220 g/mol. The van der Waals surface area contributed by atoms with E-state index in [0.29, 0.717) is 5.92 Å². The van der Waals surface area contributed by atoms with Crippen molar-refractivity contribution in [1.29, 1.82) is 0 Å². The molecule has 1 fully saturated rings. The third-order valence-corrected chi connectivity index (χ3v) is 3.69. The molecule has 1 unspecified atom stereocenters. The Morgan fingerprint density at radius 2 is 2.25 bits per heavy atom. The quantitative estimate of drug-likeness (QED) is 0.823. The molecule has 1 atom stereocenters. The molecular weight excluding hydrogens is 203 g/mol. The molecule has 0 bridgehead atoms. The molecule has 2 aliphatic rings. The van der Waals surface area contributed by atoms with Crippen molar-refractivity contribution in [1.82, 2.24) is 4.90 Å². The number of nitrogens with zero attached hydrogens (tertiary/aromatic N) is 1. The summed E-state index contributed by atoms with van der Waals surface area (Å²) in [6, 6.07) is 5.11. The number of nitrogens with one attached hydrogen (secondary N) is 1. The molecule has 2 nitrogen and oxygen atoms in total. The van der Waals surface area contributed by atoms with Gasteiger partial charge >= 0.3 is 0 Å². The smallest absolute Gasteiger partial charge is 0.123 e. The van der Waals surface area contributed by atoms with Crippen molar-refractivity contribution in [3.05, 3.63) is 29.6 Å². The molecule has 0 spiro atoms. The van der Waals surface area contributed by atoms with Crippen LogP contribution in [-0.2, 0) is 0 Å². The fourth-order valence-corrected chi connectivity index (χ4v) is 2.63. The summed E-state index contributed by atoms with van der Waals surface area (Å²) in [5.74, 6) is 0.392. The number of hydrogen-bond acceptors (Lipinski definition) is 2. The van der Waals surface area contributed by atoms with Gasteiger partial charge in [0, 0.05) is 24.7 Å². The Hall–Kier alpha value is -1.09. The van der Waals surface area contributed by atoms with Crippen molar-refractivity contribution in [2.24, 2.45) is 0 Å². The third-order valence-electron chi connectivity index (χ3n) is 3.69. The van der Waals surface area contributed by atoms with Gasteiger partial charge in [-0.3, -0.25) is 0 Å². The second-order valence-corrected chi connectivity index (χ2v) is 4.80. The molecule has 0 aromatic heterocycles. The van der Waals surface area contributed by atoms with Crippen LogP contribution in [0.3, 0.4) is 0 Å². The standard InChI is InChI=1S/C13H17FN2/c14-11-2-3-13-12(8-11)10(4-5-15-13)9-16-6-1-7-16/h2-3,8,10,15H,1,4-7,9H2. The van der Waals surface area contributed by atoms with Gasteiger partial charge in [-0.05, 0) is 49.7 Å². The van der Waals surface area contributed by atoms with Gasteiger partial charge in [0.05, 0.1) is 0 Å². The first-order valence-corrected chi connectivity index (χ1v) is 6.08. The summed E-state index contributed by atoms with van der Waals surface area (Å²) in [5.41, 5.74) is 2.29. The largest absolute Gasteiger partial charge is 0.385 e. The van der Waals surface area contributed by atoms with Crippen LogP contribution in [0.5, 0.6) is 0 Å². The van der Waals surface area contributed by atoms with Crippen molar-refractivity contribution in [2.45, 2.75) is 18.8 Å². The van der Waals surface area contributed by atoms with E-state index in [1.807, 2.05) is 6.07 Å². The molecule has 86 valence electrons. The van der Waals surface area contributed by atoms with Gasteiger partial charge in [0.25, 0.3) is 0 Å². The molecule has 2 aliphatic heterocycles. The van der Waals surface area contributed by atoms with Crippen molar-refractivity contribution >= 4 is 5.69 Å². The predicted molar refractivity (Wildman–Crippen MR) is 63.3 cm³/mol. The summed E-state index contributed by atoms with van der Waals surface area (Å²) in [7, 11) is 0. The van der Waals surface area contributed by atoms with Crippen LogP contribution in [0.1, 0.15) is 24.3 Å². The Morgan fingerprint density at radius 1 is 1.38 bits per heavy atom. The van der Waals surface area contributed by atoms with Crippen LogP contribution in [-0.4, -0.2) is 31.1 Å². The van der Waals surface area contributed by atoms with Crippen LogP contribution in [0.15, 0.2) is 18.2 Å². The van der Waals surface area contributed by atoms with Crippen LogP contribution in [0.25, 0.3) is 0 Å². The molecule has 0 aliphatic carbocycles. The minimum Gasteiger partial charge on any atom is -0.385 e. The van der Waals surface area contributed by atoms with E-state index in [1.165, 1.54) is 25.6 Å². The molecule has 16 heavy (non-hydrogen) atoms. The molecule has 3 heteroatoms. The molecule has 0 radical (unpaired) electrons. The SMILES string of the molecule is Fc1ccc2c(c1)C(CN1CCC1)CCN2. The van der Waals surface area contributed by atoms with Gasteiger partial charge < -0.3 is 10.2 Å². The molecule has 3 rings (SSSR count). The maximum absolute atomic E-state index is 13.3. The highest BCUT2D eigenvalue weighted by Crippen LogP contribution is 2.33. The van der Waals surface area contributed by atoms with Crippen LogP contribution < -0.4 is 5.32 Å². The maximum atomic E-state index is 13.3. The molecule has 0 saturated carbocycles. The summed E-state index contributed by atoms with van der Waals surface area (Å²) in [6.45, 7) is 4.54. The van der Waals surface area contributed by atoms with Gasteiger partial charge in [0.15, 0.2) is 0 Å². The summed E-state index contributed by atoms with van der Waals surface area (Å²) in [6.07, 6.45) is 2.44. The van der Waals surface area contributed by atoms with E-state index in [4.69, 9.17) is 0 Å². The van der Waals surface area contributed by atoms with Gasteiger partial charge in [-0.15, -0.1) is 0 Å². The minimum absolute atomic E-state index is 0.115. The lowest BCUT2D eigenvalue weighted by molar-refractivity contribution is 0.167. The van der Waals surface area contributed by atoms with Crippen molar-refractivity contribution in [2.75, 3.05) is 31.5 Å². The maximum Gasteiger partial charge on any atom is 0.123 e. The van der Waals surface area contributed by atoms with Gasteiger partial charge in [-0.2, -0.15) is 0 Å². The Labute approximate surface area is 95.4 Å². The molecule has 2 heterocycles. The first-order valence-electron chi connectivity index (χ1n) is 6.08. The normalized spacial score (nSPS) is 24.4. The molecule has 1 aromatic carbocycles. The predicted octanol–water partition coefficient (Wildman–Crippen LogP) is 2.43. The van der Waals surface area contributed by atoms with E-state index in [2.05, 4.69) is 10.2 Å². The first-order chi connectivity index (χ1) is 7.83. The topological polar surface area (TPSA) is 15.3 Å². The Morgan fingerprint density at radius 3 is 3.00 bits per heavy atom. The summed E-state index contributed by atoms with van der Waals surface area (Å²) in [5, 5.41) is 3.34. The zero-order valence-corrected chi connectivity index (χ0v) is 9.38. The number of fused-ring (bicyclic) bond motifs is 1. The minimum atomic E-state index is -0.115. The van der Waals surface area contributed by atoms with Gasteiger partial charge in [0.1, 0.15) is 5.82 Å². The van der Waals surface area contributed by atoms with Crippen LogP contribution >= 0.6 is 0 Å². The zero-order valence-electron chi connectivity index (χ0n) is 9.38. The second kappa shape index (κ2) is 4.06. The van der Waals surface area contributed by atoms with Gasteiger partial charge in [-0.25, -0.2) is 4.39 Å². The van der Waals surface area contributed by atoms with E-state index < -0.39 is 0 Å². The Bertz CT molecular complexity index is 388. The zero-order chi connectivity index (χ0) is 11.0. The lowest BCUT2D eigenvalue weighted by atomic mass is 9.89. The number of anilines is 1. The number of benzene rings is 1. The molecule has 0 amide bonds.